The molecule has 0 saturated heterocycles. The van der Waals surface area contributed by atoms with Gasteiger partial charge in [-0.3, -0.25) is 4.79 Å². The second-order valence-electron chi connectivity index (χ2n) is 7.22. The van der Waals surface area contributed by atoms with Crippen molar-refractivity contribution in [3.8, 4) is 0 Å². The van der Waals surface area contributed by atoms with Crippen LogP contribution in [-0.4, -0.2) is 29.2 Å². The largest absolute Gasteiger partial charge is 0.390 e. The summed E-state index contributed by atoms with van der Waals surface area (Å²) in [6.07, 6.45) is 2.20. The van der Waals surface area contributed by atoms with Gasteiger partial charge in [-0.25, -0.2) is 4.39 Å². The summed E-state index contributed by atoms with van der Waals surface area (Å²) in [5.74, 6) is -0.0733. The third-order valence-electron chi connectivity index (χ3n) is 4.93. The summed E-state index contributed by atoms with van der Waals surface area (Å²) in [6, 6.07) is 11.6. The van der Waals surface area contributed by atoms with E-state index >= 15 is 0 Å². The Balaban J connectivity index is 1.43. The molecule has 1 saturated carbocycles. The smallest absolute Gasteiger partial charge is 0.226 e. The molecule has 0 spiro atoms. The van der Waals surface area contributed by atoms with Crippen LogP contribution in [0.2, 0.25) is 10.0 Å². The number of benzene rings is 2. The Bertz CT molecular complexity index is 913. The zero-order valence-electron chi connectivity index (χ0n) is 15.1. The zero-order valence-corrected chi connectivity index (χ0v) is 16.6. The molecule has 4 nitrogen and oxygen atoms in total. The molecule has 1 heterocycles. The van der Waals surface area contributed by atoms with Crippen molar-refractivity contribution in [2.45, 2.75) is 31.9 Å². The molecule has 1 unspecified atom stereocenters. The van der Waals surface area contributed by atoms with Gasteiger partial charge in [0.05, 0.1) is 22.3 Å². The van der Waals surface area contributed by atoms with Gasteiger partial charge in [0.1, 0.15) is 5.82 Å². The Hall–Kier alpha value is -2.11. The number of carbonyl (C=O) groups excluding carboxylic acids is 1. The van der Waals surface area contributed by atoms with E-state index in [1.807, 2.05) is 6.07 Å². The second kappa shape index (κ2) is 8.10. The average Bonchev–Trinajstić information content (AvgIpc) is 3.43. The van der Waals surface area contributed by atoms with E-state index in [0.717, 1.165) is 29.7 Å². The molecule has 1 aliphatic heterocycles. The van der Waals surface area contributed by atoms with Crippen LogP contribution < -0.4 is 0 Å². The molecule has 28 heavy (non-hydrogen) atoms. The van der Waals surface area contributed by atoms with Gasteiger partial charge in [-0.2, -0.15) is 0 Å². The summed E-state index contributed by atoms with van der Waals surface area (Å²) in [6.45, 7) is 0.860. The molecular formula is C21H19Cl2FN2O2. The summed E-state index contributed by atoms with van der Waals surface area (Å²) in [7, 11) is 0. The number of carbonyl (C=O) groups is 1. The molecule has 1 atom stereocenters. The molecule has 146 valence electrons. The number of rotatable bonds is 6. The maximum Gasteiger partial charge on any atom is 0.226 e. The number of nitrogens with zero attached hydrogens (tertiary/aromatic N) is 2. The second-order valence-corrected chi connectivity index (χ2v) is 8.03. The molecule has 4 rings (SSSR count). The lowest BCUT2D eigenvalue weighted by Gasteiger charge is -2.25. The van der Waals surface area contributed by atoms with Crippen LogP contribution >= 0.6 is 23.2 Å². The minimum absolute atomic E-state index is 0.0947. The van der Waals surface area contributed by atoms with Gasteiger partial charge in [0.2, 0.25) is 5.91 Å². The van der Waals surface area contributed by atoms with Gasteiger partial charge in [0.25, 0.3) is 0 Å². The van der Waals surface area contributed by atoms with E-state index in [1.165, 1.54) is 12.1 Å². The number of amides is 1. The summed E-state index contributed by atoms with van der Waals surface area (Å²) in [5, 5.41) is 5.13. The number of hydrogen-bond acceptors (Lipinski definition) is 3. The molecule has 2 aromatic rings. The Kier molecular flexibility index (Phi) is 5.56. The molecule has 2 aromatic carbocycles. The highest BCUT2D eigenvalue weighted by atomic mass is 35.5. The number of oxime groups is 1. The van der Waals surface area contributed by atoms with Crippen molar-refractivity contribution in [3.05, 3.63) is 69.5 Å². The predicted octanol–water partition coefficient (Wildman–Crippen LogP) is 5.06. The average molecular weight is 421 g/mol. The van der Waals surface area contributed by atoms with Crippen molar-refractivity contribution in [3.63, 3.8) is 0 Å². The van der Waals surface area contributed by atoms with Crippen LogP contribution in [0.15, 0.2) is 47.6 Å². The topological polar surface area (TPSA) is 41.9 Å². The van der Waals surface area contributed by atoms with Gasteiger partial charge in [-0.05, 0) is 42.7 Å². The summed E-state index contributed by atoms with van der Waals surface area (Å²) in [4.78, 5) is 20.1. The van der Waals surface area contributed by atoms with Crippen molar-refractivity contribution in [2.75, 3.05) is 6.54 Å². The first-order chi connectivity index (χ1) is 13.5. The minimum Gasteiger partial charge on any atom is -0.390 e. The Morgan fingerprint density at radius 3 is 2.57 bits per heavy atom. The molecule has 0 aromatic heterocycles. The highest BCUT2D eigenvalue weighted by molar-refractivity contribution is 6.42. The van der Waals surface area contributed by atoms with Gasteiger partial charge in [-0.1, -0.05) is 46.6 Å². The fourth-order valence-electron chi connectivity index (χ4n) is 3.25. The lowest BCUT2D eigenvalue weighted by molar-refractivity contribution is -0.135. The van der Waals surface area contributed by atoms with E-state index in [2.05, 4.69) is 5.16 Å². The molecule has 0 N–H and O–H groups in total. The summed E-state index contributed by atoms with van der Waals surface area (Å²) < 4.78 is 13.2. The van der Waals surface area contributed by atoms with Gasteiger partial charge >= 0.3 is 0 Å². The van der Waals surface area contributed by atoms with E-state index < -0.39 is 0 Å². The lowest BCUT2D eigenvalue weighted by atomic mass is 10.0. The van der Waals surface area contributed by atoms with E-state index in [9.17, 15) is 9.18 Å². The quantitative estimate of drug-likeness (QED) is 0.654. The van der Waals surface area contributed by atoms with E-state index in [0.29, 0.717) is 29.6 Å². The highest BCUT2D eigenvalue weighted by Gasteiger charge is 2.35. The number of halogens is 3. The van der Waals surface area contributed by atoms with Crippen molar-refractivity contribution in [2.24, 2.45) is 11.1 Å². The van der Waals surface area contributed by atoms with Crippen LogP contribution in [0.3, 0.4) is 0 Å². The molecular weight excluding hydrogens is 402 g/mol. The van der Waals surface area contributed by atoms with Gasteiger partial charge < -0.3 is 9.74 Å². The Morgan fingerprint density at radius 2 is 1.89 bits per heavy atom. The van der Waals surface area contributed by atoms with Crippen molar-refractivity contribution < 1.29 is 14.0 Å². The minimum atomic E-state index is -0.289. The normalized spacial score (nSPS) is 18.5. The molecule has 0 bridgehead atoms. The van der Waals surface area contributed by atoms with Crippen LogP contribution in [0.4, 0.5) is 4.39 Å². The van der Waals surface area contributed by atoms with Crippen LogP contribution in [0, 0.1) is 11.7 Å². The van der Waals surface area contributed by atoms with Crippen LogP contribution in [0.25, 0.3) is 0 Å². The maximum absolute atomic E-state index is 13.2. The highest BCUT2D eigenvalue weighted by Crippen LogP contribution is 2.32. The zero-order chi connectivity index (χ0) is 19.7. The van der Waals surface area contributed by atoms with Crippen molar-refractivity contribution >= 4 is 34.8 Å². The van der Waals surface area contributed by atoms with E-state index in [1.54, 1.807) is 29.2 Å². The first-order valence-corrected chi connectivity index (χ1v) is 9.96. The first kappa shape index (κ1) is 19.2. The Labute approximate surface area is 172 Å². The lowest BCUT2D eigenvalue weighted by Crippen LogP contribution is -2.38. The van der Waals surface area contributed by atoms with Gasteiger partial charge in [-0.15, -0.1) is 0 Å². The van der Waals surface area contributed by atoms with Crippen molar-refractivity contribution in [1.29, 1.82) is 0 Å². The summed E-state index contributed by atoms with van der Waals surface area (Å²) in [5.41, 5.74) is 2.53. The van der Waals surface area contributed by atoms with Crippen LogP contribution in [0.1, 0.15) is 30.4 Å². The molecule has 7 heteroatoms. The molecule has 1 aliphatic carbocycles. The van der Waals surface area contributed by atoms with E-state index in [4.69, 9.17) is 28.0 Å². The molecule has 2 aliphatic rings. The standard InChI is InChI=1S/C21H19Cl2FN2O2/c22-18-8-5-15(9-19(18)23)20-10-17(28-25-20)12-26(21(27)14-3-4-14)11-13-1-6-16(24)7-2-13/h1-2,5-9,14,17H,3-4,10-12H2. The Morgan fingerprint density at radius 1 is 1.14 bits per heavy atom. The third-order valence-corrected chi connectivity index (χ3v) is 5.67. The van der Waals surface area contributed by atoms with Gasteiger partial charge in [0, 0.05) is 24.4 Å². The molecule has 1 fully saturated rings. The number of hydrogen-bond donors (Lipinski definition) is 0. The van der Waals surface area contributed by atoms with Gasteiger partial charge in [0.15, 0.2) is 6.10 Å². The van der Waals surface area contributed by atoms with E-state index in [-0.39, 0.29) is 23.7 Å². The summed E-state index contributed by atoms with van der Waals surface area (Å²) >= 11 is 12.1. The molecule has 0 radical (unpaired) electrons. The van der Waals surface area contributed by atoms with Crippen LogP contribution in [-0.2, 0) is 16.2 Å². The monoisotopic (exact) mass is 420 g/mol. The van der Waals surface area contributed by atoms with Crippen molar-refractivity contribution in [1.82, 2.24) is 4.90 Å². The fraction of sp³-hybridized carbons (Fsp3) is 0.333. The molecule has 1 amide bonds. The van der Waals surface area contributed by atoms with Crippen LogP contribution in [0.5, 0.6) is 0 Å². The third kappa shape index (κ3) is 4.47. The predicted molar refractivity (Wildman–Crippen MR) is 107 cm³/mol. The maximum atomic E-state index is 13.2. The first-order valence-electron chi connectivity index (χ1n) is 9.21. The fourth-order valence-corrected chi connectivity index (χ4v) is 3.55. The SMILES string of the molecule is O=C(C1CC1)N(Cc1ccc(F)cc1)CC1CC(c2ccc(Cl)c(Cl)c2)=NO1.